The average molecular weight is 323 g/mol. The number of rotatable bonds is 6. The molecular formula is C17H25NO3S. The summed E-state index contributed by atoms with van der Waals surface area (Å²) in [6.45, 7) is 5.25. The van der Waals surface area contributed by atoms with Gasteiger partial charge in [-0.1, -0.05) is 56.4 Å². The second-order valence-electron chi connectivity index (χ2n) is 5.93. The van der Waals surface area contributed by atoms with Gasteiger partial charge in [0.15, 0.2) is 6.29 Å². The topological polar surface area (TPSA) is 53.7 Å². The fourth-order valence-corrected chi connectivity index (χ4v) is 3.58. The quantitative estimate of drug-likeness (QED) is 0.816. The van der Waals surface area contributed by atoms with Crippen LogP contribution in [0.1, 0.15) is 19.4 Å². The van der Waals surface area contributed by atoms with Gasteiger partial charge in [-0.3, -0.25) is 0 Å². The Morgan fingerprint density at radius 1 is 1.23 bits per heavy atom. The first kappa shape index (κ1) is 17.3. The summed E-state index contributed by atoms with van der Waals surface area (Å²) >= 11 is 5.24. The molecule has 1 aromatic rings. The van der Waals surface area contributed by atoms with E-state index in [0.29, 0.717) is 18.2 Å². The zero-order valence-corrected chi connectivity index (χ0v) is 14.2. The van der Waals surface area contributed by atoms with Gasteiger partial charge in [-0.05, 0) is 11.5 Å². The van der Waals surface area contributed by atoms with Crippen LogP contribution in [0.25, 0.3) is 0 Å². The number of hydrogen-bond acceptors (Lipinski definition) is 4. The monoisotopic (exact) mass is 323 g/mol. The molecule has 0 saturated carbocycles. The van der Waals surface area contributed by atoms with Crippen molar-refractivity contribution in [3.63, 3.8) is 0 Å². The van der Waals surface area contributed by atoms with Crippen molar-refractivity contribution >= 4 is 17.2 Å². The van der Waals surface area contributed by atoms with Crippen LogP contribution in [0.2, 0.25) is 0 Å². The second kappa shape index (κ2) is 8.02. The maximum absolute atomic E-state index is 6.02. The van der Waals surface area contributed by atoms with Gasteiger partial charge in [-0.25, -0.2) is 0 Å². The molecule has 0 aromatic heterocycles. The van der Waals surface area contributed by atoms with Gasteiger partial charge in [0, 0.05) is 18.9 Å². The first-order chi connectivity index (χ1) is 10.5. The summed E-state index contributed by atoms with van der Waals surface area (Å²) in [5.41, 5.74) is 7.07. The Hall–Kier alpha value is -1.01. The van der Waals surface area contributed by atoms with Gasteiger partial charge >= 0.3 is 0 Å². The molecule has 1 saturated heterocycles. The molecule has 2 N–H and O–H groups in total. The average Bonchev–Trinajstić information content (AvgIpc) is 2.50. The molecule has 0 bridgehead atoms. The van der Waals surface area contributed by atoms with Gasteiger partial charge < -0.3 is 19.9 Å². The summed E-state index contributed by atoms with van der Waals surface area (Å²) in [7, 11) is 1.65. The Morgan fingerprint density at radius 3 is 2.50 bits per heavy atom. The molecule has 5 atom stereocenters. The molecule has 0 amide bonds. The van der Waals surface area contributed by atoms with Gasteiger partial charge in [0.2, 0.25) is 0 Å². The van der Waals surface area contributed by atoms with E-state index in [1.165, 1.54) is 0 Å². The van der Waals surface area contributed by atoms with Crippen molar-refractivity contribution in [2.24, 2.45) is 23.5 Å². The Morgan fingerprint density at radius 2 is 1.91 bits per heavy atom. The smallest absolute Gasteiger partial charge is 0.160 e. The molecule has 1 aromatic carbocycles. The van der Waals surface area contributed by atoms with E-state index in [9.17, 15) is 0 Å². The lowest BCUT2D eigenvalue weighted by Gasteiger charge is -2.43. The molecule has 22 heavy (non-hydrogen) atoms. The van der Waals surface area contributed by atoms with Crippen LogP contribution in [0.4, 0.5) is 0 Å². The zero-order chi connectivity index (χ0) is 16.1. The van der Waals surface area contributed by atoms with Crippen LogP contribution in [0.15, 0.2) is 30.3 Å². The molecule has 0 radical (unpaired) electrons. The van der Waals surface area contributed by atoms with Gasteiger partial charge in [0.25, 0.3) is 0 Å². The summed E-state index contributed by atoms with van der Waals surface area (Å²) in [5.74, 6) is 0.441. The van der Waals surface area contributed by atoms with Crippen molar-refractivity contribution in [3.05, 3.63) is 35.9 Å². The molecule has 122 valence electrons. The Labute approximate surface area is 137 Å². The number of thiocarbonyl (C=S) groups is 1. The number of hydrogen-bond donors (Lipinski definition) is 1. The maximum Gasteiger partial charge on any atom is 0.160 e. The van der Waals surface area contributed by atoms with Crippen LogP contribution in [0.3, 0.4) is 0 Å². The van der Waals surface area contributed by atoms with Crippen molar-refractivity contribution in [1.82, 2.24) is 0 Å². The van der Waals surface area contributed by atoms with Crippen molar-refractivity contribution in [3.8, 4) is 0 Å². The van der Waals surface area contributed by atoms with Gasteiger partial charge in [0.1, 0.15) is 0 Å². The highest BCUT2D eigenvalue weighted by atomic mass is 32.1. The molecular weight excluding hydrogens is 298 g/mol. The lowest BCUT2D eigenvalue weighted by molar-refractivity contribution is -0.241. The minimum Gasteiger partial charge on any atom is -0.393 e. The van der Waals surface area contributed by atoms with Crippen LogP contribution in [-0.2, 0) is 20.8 Å². The molecule has 1 aliphatic heterocycles. The minimum absolute atomic E-state index is 0.0728. The summed E-state index contributed by atoms with van der Waals surface area (Å²) in [6.07, 6.45) is -0.371. The van der Waals surface area contributed by atoms with E-state index in [2.05, 4.69) is 13.8 Å². The molecule has 5 heteroatoms. The predicted octanol–water partition coefficient (Wildman–Crippen LogP) is 2.75. The van der Waals surface area contributed by atoms with Gasteiger partial charge in [-0.2, -0.15) is 0 Å². The maximum atomic E-state index is 6.02. The van der Waals surface area contributed by atoms with E-state index in [0.717, 1.165) is 5.56 Å². The van der Waals surface area contributed by atoms with E-state index in [-0.39, 0.29) is 30.1 Å². The van der Waals surface area contributed by atoms with E-state index < -0.39 is 0 Å². The first-order valence-electron chi connectivity index (χ1n) is 7.63. The van der Waals surface area contributed by atoms with Crippen molar-refractivity contribution < 1.29 is 14.2 Å². The third kappa shape index (κ3) is 4.04. The normalized spacial score (nSPS) is 31.9. The van der Waals surface area contributed by atoms with E-state index in [4.69, 9.17) is 32.2 Å². The molecule has 1 heterocycles. The van der Waals surface area contributed by atoms with Crippen molar-refractivity contribution in [1.29, 1.82) is 0 Å². The zero-order valence-electron chi connectivity index (χ0n) is 13.4. The molecule has 2 rings (SSSR count). The number of ether oxygens (including phenoxy) is 3. The van der Waals surface area contributed by atoms with Crippen LogP contribution in [0, 0.1) is 17.8 Å². The fraction of sp³-hybridized carbons (Fsp3) is 0.588. The molecule has 2 unspecified atom stereocenters. The van der Waals surface area contributed by atoms with E-state index >= 15 is 0 Å². The van der Waals surface area contributed by atoms with Crippen LogP contribution >= 0.6 is 12.2 Å². The predicted molar refractivity (Wildman–Crippen MR) is 90.4 cm³/mol. The van der Waals surface area contributed by atoms with E-state index in [1.54, 1.807) is 7.11 Å². The van der Waals surface area contributed by atoms with E-state index in [1.807, 2.05) is 30.3 Å². The standard InChI is InChI=1S/C17H25NO3S/c1-11-14(10-20-9-13-7-5-4-6-8-13)21-17(19-3)12(2)15(11)16(18)22/h4-8,11-12,14-15,17H,9-10H2,1-3H3,(H2,18,22)/t11-,12?,14?,15-,17-/m0/s1. The first-order valence-corrected chi connectivity index (χ1v) is 8.04. The van der Waals surface area contributed by atoms with Crippen LogP contribution in [0.5, 0.6) is 0 Å². The highest BCUT2D eigenvalue weighted by Crippen LogP contribution is 2.36. The van der Waals surface area contributed by atoms with Gasteiger partial charge in [-0.15, -0.1) is 0 Å². The van der Waals surface area contributed by atoms with Crippen molar-refractivity contribution in [2.75, 3.05) is 13.7 Å². The summed E-state index contributed by atoms with van der Waals surface area (Å²) in [6, 6.07) is 10.1. The van der Waals surface area contributed by atoms with Crippen LogP contribution < -0.4 is 5.73 Å². The van der Waals surface area contributed by atoms with Gasteiger partial charge in [0.05, 0.1) is 24.3 Å². The molecule has 1 fully saturated rings. The SMILES string of the molecule is CO[C@H]1OC(COCc2ccccc2)[C@H](C)[C@H](C(N)=S)C1C. The highest BCUT2D eigenvalue weighted by Gasteiger charge is 2.43. The Kier molecular flexibility index (Phi) is 6.32. The summed E-state index contributed by atoms with van der Waals surface area (Å²) in [4.78, 5) is 0.526. The molecule has 0 aliphatic carbocycles. The lowest BCUT2D eigenvalue weighted by Crippen LogP contribution is -2.51. The minimum atomic E-state index is -0.298. The fourth-order valence-electron chi connectivity index (χ4n) is 3.15. The third-order valence-electron chi connectivity index (χ3n) is 4.41. The highest BCUT2D eigenvalue weighted by molar-refractivity contribution is 7.80. The molecule has 0 spiro atoms. The van der Waals surface area contributed by atoms with Crippen LogP contribution in [-0.4, -0.2) is 31.1 Å². The molecule has 1 aliphatic rings. The lowest BCUT2D eigenvalue weighted by atomic mass is 9.77. The number of nitrogens with two attached hydrogens (primary N) is 1. The summed E-state index contributed by atoms with van der Waals surface area (Å²) < 4.78 is 17.3. The number of methoxy groups -OCH3 is 1. The Bertz CT molecular complexity index is 482. The Balaban J connectivity index is 1.95. The third-order valence-corrected chi connectivity index (χ3v) is 4.68. The largest absolute Gasteiger partial charge is 0.393 e. The molecule has 4 nitrogen and oxygen atoms in total. The van der Waals surface area contributed by atoms with Crippen molar-refractivity contribution in [2.45, 2.75) is 32.8 Å². The number of benzene rings is 1. The summed E-state index contributed by atoms with van der Waals surface area (Å²) in [5, 5.41) is 0. The second-order valence-corrected chi connectivity index (χ2v) is 6.40.